The molecule has 1 unspecified atom stereocenters. The van der Waals surface area contributed by atoms with Gasteiger partial charge >= 0.3 is 5.97 Å². The lowest BCUT2D eigenvalue weighted by Crippen LogP contribution is -2.44. The van der Waals surface area contributed by atoms with Crippen LogP contribution in [0.1, 0.15) is 11.6 Å². The molecule has 2 aromatic rings. The number of ether oxygens (including phenoxy) is 3. The SMILES string of the molecule is COC(=O)/C(=N\Nc1ccccc1)C(c1ccc(OC)cc1)N1CCOCC1. The summed E-state index contributed by atoms with van der Waals surface area (Å²) >= 11 is 0. The minimum absolute atomic E-state index is 0.290. The van der Waals surface area contributed by atoms with Crippen molar-refractivity contribution in [1.29, 1.82) is 0 Å². The largest absolute Gasteiger partial charge is 0.497 e. The number of morpholine rings is 1. The maximum atomic E-state index is 12.6. The highest BCUT2D eigenvalue weighted by Crippen LogP contribution is 2.26. The molecule has 1 aliphatic rings. The Balaban J connectivity index is 1.98. The van der Waals surface area contributed by atoms with Crippen LogP contribution in [0.4, 0.5) is 5.69 Å². The molecule has 1 fully saturated rings. The molecule has 2 aromatic carbocycles. The van der Waals surface area contributed by atoms with Gasteiger partial charge in [-0.2, -0.15) is 5.10 Å². The van der Waals surface area contributed by atoms with Gasteiger partial charge in [0, 0.05) is 13.1 Å². The third-order valence-electron chi connectivity index (χ3n) is 4.58. The molecule has 1 heterocycles. The van der Waals surface area contributed by atoms with Gasteiger partial charge in [0.25, 0.3) is 0 Å². The maximum absolute atomic E-state index is 12.6. The first-order valence-corrected chi connectivity index (χ1v) is 9.15. The van der Waals surface area contributed by atoms with Gasteiger partial charge in [0.05, 0.1) is 39.2 Å². The standard InChI is InChI=1S/C21H25N3O4/c1-26-18-10-8-16(9-11-18)20(24-12-14-28-15-13-24)19(21(25)27-2)23-22-17-6-4-3-5-7-17/h3-11,20,22H,12-15H2,1-2H3/b23-19-. The molecule has 3 rings (SSSR count). The Morgan fingerprint density at radius 2 is 1.75 bits per heavy atom. The number of methoxy groups -OCH3 is 2. The van der Waals surface area contributed by atoms with Crippen LogP contribution >= 0.6 is 0 Å². The Bertz CT molecular complexity index is 787. The lowest BCUT2D eigenvalue weighted by Gasteiger charge is -2.34. The van der Waals surface area contributed by atoms with Gasteiger partial charge in [-0.15, -0.1) is 0 Å². The summed E-state index contributed by atoms with van der Waals surface area (Å²) in [6, 6.07) is 16.8. The van der Waals surface area contributed by atoms with Crippen LogP contribution in [0.25, 0.3) is 0 Å². The molecular weight excluding hydrogens is 358 g/mol. The van der Waals surface area contributed by atoms with Crippen molar-refractivity contribution in [1.82, 2.24) is 4.90 Å². The third kappa shape index (κ3) is 4.88. The van der Waals surface area contributed by atoms with Crippen molar-refractivity contribution in [3.05, 3.63) is 60.2 Å². The number of hydrogen-bond acceptors (Lipinski definition) is 7. The van der Waals surface area contributed by atoms with Crippen molar-refractivity contribution in [2.24, 2.45) is 5.10 Å². The number of benzene rings is 2. The Morgan fingerprint density at radius 3 is 2.36 bits per heavy atom. The summed E-state index contributed by atoms with van der Waals surface area (Å²) < 4.78 is 15.8. The van der Waals surface area contributed by atoms with E-state index in [-0.39, 0.29) is 6.04 Å². The molecule has 7 nitrogen and oxygen atoms in total. The highest BCUT2D eigenvalue weighted by atomic mass is 16.5. The molecule has 0 aromatic heterocycles. The van der Waals surface area contributed by atoms with Gasteiger partial charge in [-0.1, -0.05) is 30.3 Å². The molecule has 1 aliphatic heterocycles. The van der Waals surface area contributed by atoms with E-state index in [1.54, 1.807) is 7.11 Å². The number of nitrogens with zero attached hydrogens (tertiary/aromatic N) is 2. The van der Waals surface area contributed by atoms with E-state index in [0.717, 1.165) is 17.0 Å². The molecule has 0 saturated carbocycles. The first-order valence-electron chi connectivity index (χ1n) is 9.15. The van der Waals surface area contributed by atoms with Crippen LogP contribution < -0.4 is 10.2 Å². The molecule has 0 aliphatic carbocycles. The first kappa shape index (κ1) is 19.9. The highest BCUT2D eigenvalue weighted by Gasteiger charge is 2.32. The third-order valence-corrected chi connectivity index (χ3v) is 4.58. The van der Waals surface area contributed by atoms with Crippen LogP contribution in [-0.4, -0.2) is 57.1 Å². The van der Waals surface area contributed by atoms with Gasteiger partial charge in [-0.25, -0.2) is 4.79 Å². The van der Waals surface area contributed by atoms with E-state index in [0.29, 0.717) is 32.0 Å². The van der Waals surface area contributed by atoms with Crippen molar-refractivity contribution in [2.75, 3.05) is 45.9 Å². The summed E-state index contributed by atoms with van der Waals surface area (Å²) in [5, 5.41) is 4.44. The molecule has 0 amide bonds. The molecule has 148 valence electrons. The van der Waals surface area contributed by atoms with Crippen molar-refractivity contribution in [3.63, 3.8) is 0 Å². The van der Waals surface area contributed by atoms with Crippen molar-refractivity contribution < 1.29 is 19.0 Å². The molecule has 1 N–H and O–H groups in total. The number of esters is 1. The van der Waals surface area contributed by atoms with Crippen molar-refractivity contribution >= 4 is 17.4 Å². The van der Waals surface area contributed by atoms with Crippen LogP contribution in [0.2, 0.25) is 0 Å². The monoisotopic (exact) mass is 383 g/mol. The Morgan fingerprint density at radius 1 is 1.07 bits per heavy atom. The minimum atomic E-state index is -0.476. The summed E-state index contributed by atoms with van der Waals surface area (Å²) in [6.45, 7) is 2.59. The second kappa shape index (κ2) is 9.87. The summed E-state index contributed by atoms with van der Waals surface area (Å²) in [6.07, 6.45) is 0. The number of carbonyl (C=O) groups excluding carboxylic acids is 1. The van der Waals surface area contributed by atoms with Gasteiger partial charge in [-0.3, -0.25) is 10.3 Å². The number of hydrogen-bond donors (Lipinski definition) is 1. The van der Waals surface area contributed by atoms with Crippen molar-refractivity contribution in [3.8, 4) is 5.75 Å². The smallest absolute Gasteiger partial charge is 0.356 e. The highest BCUT2D eigenvalue weighted by molar-refractivity contribution is 6.38. The van der Waals surface area contributed by atoms with Crippen LogP contribution in [-0.2, 0) is 14.3 Å². The quantitative estimate of drug-likeness (QED) is 0.450. The zero-order valence-corrected chi connectivity index (χ0v) is 16.1. The van der Waals surface area contributed by atoms with Crippen LogP contribution in [0.3, 0.4) is 0 Å². The van der Waals surface area contributed by atoms with Crippen LogP contribution in [0, 0.1) is 0 Å². The molecule has 0 bridgehead atoms. The number of rotatable bonds is 7. The summed E-state index contributed by atoms with van der Waals surface area (Å²) in [4.78, 5) is 14.8. The topological polar surface area (TPSA) is 72.4 Å². The van der Waals surface area contributed by atoms with Gasteiger partial charge in [0.1, 0.15) is 5.75 Å². The number of para-hydroxylation sites is 1. The van der Waals surface area contributed by atoms with Gasteiger partial charge in [-0.05, 0) is 29.8 Å². The van der Waals surface area contributed by atoms with E-state index in [1.165, 1.54) is 7.11 Å². The molecule has 1 atom stereocenters. The fourth-order valence-corrected chi connectivity index (χ4v) is 3.12. The average Bonchev–Trinajstić information content (AvgIpc) is 2.77. The molecule has 0 spiro atoms. The second-order valence-corrected chi connectivity index (χ2v) is 6.29. The fourth-order valence-electron chi connectivity index (χ4n) is 3.12. The van der Waals surface area contributed by atoms with E-state index in [1.807, 2.05) is 54.6 Å². The summed E-state index contributed by atoms with van der Waals surface area (Å²) in [7, 11) is 2.99. The normalized spacial score (nSPS) is 16.3. The molecule has 0 radical (unpaired) electrons. The Kier molecular flexibility index (Phi) is 7.00. The van der Waals surface area contributed by atoms with Crippen LogP contribution in [0.15, 0.2) is 59.7 Å². The van der Waals surface area contributed by atoms with Crippen molar-refractivity contribution in [2.45, 2.75) is 6.04 Å². The second-order valence-electron chi connectivity index (χ2n) is 6.29. The minimum Gasteiger partial charge on any atom is -0.497 e. The average molecular weight is 383 g/mol. The lowest BCUT2D eigenvalue weighted by atomic mass is 9.99. The van der Waals surface area contributed by atoms with E-state index in [4.69, 9.17) is 14.2 Å². The maximum Gasteiger partial charge on any atom is 0.356 e. The zero-order valence-electron chi connectivity index (χ0n) is 16.1. The first-order chi connectivity index (χ1) is 13.7. The molecule has 1 saturated heterocycles. The van der Waals surface area contributed by atoms with Gasteiger partial charge in [0.15, 0.2) is 5.71 Å². The van der Waals surface area contributed by atoms with E-state index < -0.39 is 5.97 Å². The van der Waals surface area contributed by atoms with Gasteiger partial charge < -0.3 is 14.2 Å². The number of nitrogens with one attached hydrogen (secondary N) is 1. The number of carbonyl (C=O) groups is 1. The Hall–Kier alpha value is -2.90. The lowest BCUT2D eigenvalue weighted by molar-refractivity contribution is -0.133. The number of anilines is 1. The predicted octanol–water partition coefficient (Wildman–Crippen LogP) is 2.71. The molecule has 7 heteroatoms. The zero-order chi connectivity index (χ0) is 19.8. The van der Waals surface area contributed by atoms with E-state index >= 15 is 0 Å². The molecular formula is C21H25N3O4. The van der Waals surface area contributed by atoms with E-state index in [2.05, 4.69) is 15.4 Å². The fraction of sp³-hybridized carbons (Fsp3) is 0.333. The van der Waals surface area contributed by atoms with E-state index in [9.17, 15) is 4.79 Å². The number of hydrazone groups is 1. The Labute approximate surface area is 164 Å². The summed E-state index contributed by atoms with van der Waals surface area (Å²) in [5.74, 6) is 0.277. The van der Waals surface area contributed by atoms with Gasteiger partial charge in [0.2, 0.25) is 0 Å². The predicted molar refractivity (Wildman–Crippen MR) is 108 cm³/mol. The molecule has 28 heavy (non-hydrogen) atoms. The van der Waals surface area contributed by atoms with Crippen LogP contribution in [0.5, 0.6) is 5.75 Å². The summed E-state index contributed by atoms with van der Waals surface area (Å²) in [5.41, 5.74) is 4.99.